The fraction of sp³-hybridized carbons (Fsp3) is 0.130. The van der Waals surface area contributed by atoms with E-state index in [1.165, 1.54) is 5.56 Å². The molecule has 0 radical (unpaired) electrons. The summed E-state index contributed by atoms with van der Waals surface area (Å²) in [6.45, 7) is 0.574. The van der Waals surface area contributed by atoms with Gasteiger partial charge in [-0.15, -0.1) is 0 Å². The van der Waals surface area contributed by atoms with Gasteiger partial charge in [0.2, 0.25) is 0 Å². The number of nitrogens with zero attached hydrogens (tertiary/aromatic N) is 1. The summed E-state index contributed by atoms with van der Waals surface area (Å²) < 4.78 is 0. The van der Waals surface area contributed by atoms with E-state index >= 15 is 0 Å². The number of thioether (sulfide) groups is 1. The quantitative estimate of drug-likeness (QED) is 0.551. The fourth-order valence-electron chi connectivity index (χ4n) is 3.08. The molecule has 146 valence electrons. The van der Waals surface area contributed by atoms with Crippen LogP contribution in [0, 0.1) is 0 Å². The molecule has 0 spiro atoms. The Kier molecular flexibility index (Phi) is 5.81. The van der Waals surface area contributed by atoms with Gasteiger partial charge < -0.3 is 16.4 Å². The molecule has 1 atom stereocenters. The summed E-state index contributed by atoms with van der Waals surface area (Å²) in [6, 6.07) is 25.4. The van der Waals surface area contributed by atoms with Crippen LogP contribution in [-0.2, 0) is 6.54 Å². The number of para-hydroxylation sites is 2. The average Bonchev–Trinajstić information content (AvgIpc) is 3.24. The predicted octanol–water partition coefficient (Wildman–Crippen LogP) is 4.45. The first-order valence-corrected chi connectivity index (χ1v) is 10.4. The number of carbonyl (C=O) groups is 1. The zero-order chi connectivity index (χ0) is 20.1. The highest BCUT2D eigenvalue weighted by molar-refractivity contribution is 8.14. The highest BCUT2D eigenvalue weighted by Crippen LogP contribution is 2.26. The molecule has 3 aromatic carbocycles. The number of benzene rings is 3. The van der Waals surface area contributed by atoms with E-state index in [9.17, 15) is 4.79 Å². The second-order valence-corrected chi connectivity index (χ2v) is 7.79. The maximum atomic E-state index is 12.4. The van der Waals surface area contributed by atoms with Crippen LogP contribution in [0.15, 0.2) is 83.9 Å². The Hall–Kier alpha value is -3.25. The molecule has 0 aromatic heterocycles. The molecule has 3 aromatic rings. The van der Waals surface area contributed by atoms with Gasteiger partial charge in [0.25, 0.3) is 5.91 Å². The van der Waals surface area contributed by atoms with Crippen LogP contribution < -0.4 is 16.4 Å². The topological polar surface area (TPSA) is 79.5 Å². The third kappa shape index (κ3) is 4.78. The van der Waals surface area contributed by atoms with E-state index in [1.807, 2.05) is 42.5 Å². The summed E-state index contributed by atoms with van der Waals surface area (Å²) in [7, 11) is 0. The van der Waals surface area contributed by atoms with Crippen molar-refractivity contribution in [2.75, 3.05) is 16.8 Å². The molecule has 0 unspecified atom stereocenters. The van der Waals surface area contributed by atoms with Crippen molar-refractivity contribution >= 4 is 34.2 Å². The van der Waals surface area contributed by atoms with Gasteiger partial charge in [-0.05, 0) is 35.4 Å². The van der Waals surface area contributed by atoms with E-state index in [0.717, 1.165) is 16.5 Å². The van der Waals surface area contributed by atoms with Gasteiger partial charge in [0.15, 0.2) is 5.17 Å². The first kappa shape index (κ1) is 19.1. The third-order valence-electron chi connectivity index (χ3n) is 4.72. The van der Waals surface area contributed by atoms with Gasteiger partial charge in [-0.3, -0.25) is 9.79 Å². The number of nitrogen functional groups attached to an aromatic ring is 1. The summed E-state index contributed by atoms with van der Waals surface area (Å²) >= 11 is 1.74. The summed E-state index contributed by atoms with van der Waals surface area (Å²) in [5.74, 6) is 0.796. The molecule has 0 saturated carbocycles. The van der Waals surface area contributed by atoms with Crippen LogP contribution in [0.4, 0.5) is 11.4 Å². The highest BCUT2D eigenvalue weighted by atomic mass is 32.2. The molecule has 1 aliphatic heterocycles. The molecule has 29 heavy (non-hydrogen) atoms. The van der Waals surface area contributed by atoms with Crippen molar-refractivity contribution < 1.29 is 4.79 Å². The molecule has 1 heterocycles. The monoisotopic (exact) mass is 402 g/mol. The fourth-order valence-corrected chi connectivity index (χ4v) is 4.06. The molecular weight excluding hydrogens is 380 g/mol. The molecule has 5 nitrogen and oxygen atoms in total. The van der Waals surface area contributed by atoms with Crippen molar-refractivity contribution in [2.24, 2.45) is 4.99 Å². The minimum absolute atomic E-state index is 0.181. The Bertz CT molecular complexity index is 1020. The van der Waals surface area contributed by atoms with Crippen molar-refractivity contribution in [2.45, 2.75) is 12.6 Å². The van der Waals surface area contributed by atoms with E-state index < -0.39 is 0 Å². The van der Waals surface area contributed by atoms with Crippen LogP contribution in [0.25, 0.3) is 0 Å². The Balaban J connectivity index is 1.34. The minimum atomic E-state index is -0.181. The zero-order valence-corrected chi connectivity index (χ0v) is 16.7. The summed E-state index contributed by atoms with van der Waals surface area (Å²) in [5.41, 5.74) is 9.96. The number of hydrogen-bond donors (Lipinski definition) is 3. The van der Waals surface area contributed by atoms with Crippen LogP contribution >= 0.6 is 11.8 Å². The minimum Gasteiger partial charge on any atom is -0.397 e. The molecule has 1 aliphatic rings. The van der Waals surface area contributed by atoms with Gasteiger partial charge >= 0.3 is 0 Å². The van der Waals surface area contributed by atoms with Gasteiger partial charge in [-0.1, -0.05) is 66.4 Å². The smallest absolute Gasteiger partial charge is 0.255 e. The molecule has 1 fully saturated rings. The third-order valence-corrected chi connectivity index (χ3v) is 5.74. The number of nitrogens with two attached hydrogens (primary N) is 1. The maximum absolute atomic E-state index is 12.4. The highest BCUT2D eigenvalue weighted by Gasteiger charge is 2.21. The Morgan fingerprint density at radius 1 is 1.03 bits per heavy atom. The Morgan fingerprint density at radius 2 is 1.76 bits per heavy atom. The number of anilines is 2. The predicted molar refractivity (Wildman–Crippen MR) is 121 cm³/mol. The van der Waals surface area contributed by atoms with E-state index in [2.05, 4.69) is 39.9 Å². The normalized spacial score (nSPS) is 17.1. The molecule has 0 bridgehead atoms. The lowest BCUT2D eigenvalue weighted by molar-refractivity contribution is 0.102. The number of amidine groups is 1. The van der Waals surface area contributed by atoms with Crippen LogP contribution in [0.5, 0.6) is 0 Å². The van der Waals surface area contributed by atoms with Gasteiger partial charge in [-0.2, -0.15) is 0 Å². The second kappa shape index (κ2) is 8.84. The van der Waals surface area contributed by atoms with E-state index in [1.54, 1.807) is 23.9 Å². The number of carbonyl (C=O) groups excluding carboxylic acids is 1. The van der Waals surface area contributed by atoms with Crippen molar-refractivity contribution in [3.8, 4) is 0 Å². The number of nitrogens with one attached hydrogen (secondary N) is 2. The van der Waals surface area contributed by atoms with E-state index in [-0.39, 0.29) is 5.91 Å². The second-order valence-electron chi connectivity index (χ2n) is 6.78. The summed E-state index contributed by atoms with van der Waals surface area (Å²) in [5, 5.41) is 7.27. The SMILES string of the molecule is Nc1ccccc1NC(=O)c1ccc(CN=C2N[C@@H](c3ccccc3)CS2)cc1. The van der Waals surface area contributed by atoms with Crippen molar-refractivity contribution in [1.29, 1.82) is 0 Å². The number of aliphatic imine (C=N–C) groups is 1. The molecule has 1 amide bonds. The van der Waals surface area contributed by atoms with Crippen LogP contribution in [-0.4, -0.2) is 16.8 Å². The maximum Gasteiger partial charge on any atom is 0.255 e. The first-order chi connectivity index (χ1) is 14.2. The molecule has 1 saturated heterocycles. The Labute approximate surface area is 174 Å². The zero-order valence-electron chi connectivity index (χ0n) is 15.8. The van der Waals surface area contributed by atoms with Crippen LogP contribution in [0.3, 0.4) is 0 Å². The lowest BCUT2D eigenvalue weighted by atomic mass is 10.1. The lowest BCUT2D eigenvalue weighted by Crippen LogP contribution is -2.19. The van der Waals surface area contributed by atoms with Gasteiger partial charge in [0, 0.05) is 11.3 Å². The van der Waals surface area contributed by atoms with Crippen molar-refractivity contribution in [3.63, 3.8) is 0 Å². The average molecular weight is 403 g/mol. The Morgan fingerprint density at radius 3 is 2.52 bits per heavy atom. The first-order valence-electron chi connectivity index (χ1n) is 9.42. The van der Waals surface area contributed by atoms with Crippen LogP contribution in [0.2, 0.25) is 0 Å². The van der Waals surface area contributed by atoms with Gasteiger partial charge in [-0.25, -0.2) is 0 Å². The summed E-state index contributed by atoms with van der Waals surface area (Å²) in [4.78, 5) is 17.1. The number of hydrogen-bond acceptors (Lipinski definition) is 4. The standard InChI is InChI=1S/C23H22N4OS/c24-19-8-4-5-9-20(19)26-22(28)18-12-10-16(11-13-18)14-25-23-27-21(15-29-23)17-6-2-1-3-7-17/h1-13,21H,14-15,24H2,(H,25,27)(H,26,28)/t21-/m1/s1. The molecule has 4 rings (SSSR count). The van der Waals surface area contributed by atoms with E-state index in [4.69, 9.17) is 5.73 Å². The van der Waals surface area contributed by atoms with Gasteiger partial charge in [0.05, 0.1) is 24.0 Å². The molecule has 0 aliphatic carbocycles. The molecule has 6 heteroatoms. The lowest BCUT2D eigenvalue weighted by Gasteiger charge is -2.09. The van der Waals surface area contributed by atoms with E-state index in [0.29, 0.717) is 29.5 Å². The molecular formula is C23H22N4OS. The summed E-state index contributed by atoms with van der Waals surface area (Å²) in [6.07, 6.45) is 0. The molecule has 4 N–H and O–H groups in total. The van der Waals surface area contributed by atoms with Crippen molar-refractivity contribution in [1.82, 2.24) is 5.32 Å². The van der Waals surface area contributed by atoms with Crippen LogP contribution in [0.1, 0.15) is 27.5 Å². The largest absolute Gasteiger partial charge is 0.397 e. The number of amides is 1. The van der Waals surface area contributed by atoms with Crippen molar-refractivity contribution in [3.05, 3.63) is 95.6 Å². The van der Waals surface area contributed by atoms with Gasteiger partial charge in [0.1, 0.15) is 0 Å². The number of rotatable bonds is 5.